The summed E-state index contributed by atoms with van der Waals surface area (Å²) < 4.78 is 16.3. The molecule has 0 unspecified atom stereocenters. The predicted octanol–water partition coefficient (Wildman–Crippen LogP) is 3.21. The van der Waals surface area contributed by atoms with E-state index >= 15 is 0 Å². The van der Waals surface area contributed by atoms with Crippen LogP contribution in [0, 0.1) is 0 Å². The number of ether oxygens (including phenoxy) is 3. The summed E-state index contributed by atoms with van der Waals surface area (Å²) in [5, 5.41) is 0.410. The van der Waals surface area contributed by atoms with Crippen LogP contribution >= 0.6 is 11.6 Å². The molecule has 1 aliphatic heterocycles. The zero-order valence-electron chi connectivity index (χ0n) is 10.2. The van der Waals surface area contributed by atoms with Crippen molar-refractivity contribution in [3.8, 4) is 23.1 Å². The number of benzene rings is 1. The van der Waals surface area contributed by atoms with E-state index in [2.05, 4.69) is 9.97 Å². The Morgan fingerprint density at radius 2 is 2.11 bits per heavy atom. The summed E-state index contributed by atoms with van der Waals surface area (Å²) in [4.78, 5) is 8.05. The van der Waals surface area contributed by atoms with Crippen LogP contribution in [0.5, 0.6) is 23.1 Å². The third-order valence-corrected chi connectivity index (χ3v) is 3.09. The molecule has 98 valence electrons. The number of aromatic nitrogens is 2. The number of hydrogen-bond acceptors (Lipinski definition) is 5. The van der Waals surface area contributed by atoms with Gasteiger partial charge < -0.3 is 14.2 Å². The summed E-state index contributed by atoms with van der Waals surface area (Å²) in [5.74, 6) is 2.45. The van der Waals surface area contributed by atoms with Crippen LogP contribution < -0.4 is 14.2 Å². The summed E-state index contributed by atoms with van der Waals surface area (Å²) in [6.45, 7) is 2.20. The quantitative estimate of drug-likeness (QED) is 0.807. The van der Waals surface area contributed by atoms with Gasteiger partial charge in [0.25, 0.3) is 0 Å². The normalized spacial score (nSPS) is 12.5. The smallest absolute Gasteiger partial charge is 0.231 e. The molecule has 1 aromatic carbocycles. The van der Waals surface area contributed by atoms with Crippen molar-refractivity contribution in [2.45, 2.75) is 13.3 Å². The SMILES string of the molecule is CCc1c(Cl)ncnc1Oc1ccc2c(c1)OCO2. The molecule has 5 nitrogen and oxygen atoms in total. The highest BCUT2D eigenvalue weighted by Gasteiger charge is 2.15. The molecule has 0 aliphatic carbocycles. The fourth-order valence-corrected chi connectivity index (χ4v) is 2.07. The average molecular weight is 279 g/mol. The van der Waals surface area contributed by atoms with Crippen LogP contribution in [-0.4, -0.2) is 16.8 Å². The number of rotatable bonds is 3. The Morgan fingerprint density at radius 1 is 1.26 bits per heavy atom. The molecule has 2 heterocycles. The molecule has 0 saturated heterocycles. The zero-order valence-corrected chi connectivity index (χ0v) is 11.0. The second-order valence-electron chi connectivity index (χ2n) is 3.92. The van der Waals surface area contributed by atoms with E-state index in [1.807, 2.05) is 6.92 Å². The van der Waals surface area contributed by atoms with E-state index in [1.54, 1.807) is 18.2 Å². The molecule has 1 aromatic heterocycles. The molecular formula is C13H11ClN2O3. The van der Waals surface area contributed by atoms with Gasteiger partial charge in [-0.25, -0.2) is 9.97 Å². The standard InChI is InChI=1S/C13H11ClN2O3/c1-2-9-12(14)15-6-16-13(9)19-8-3-4-10-11(5-8)18-7-17-10/h3-6H,2,7H2,1H3. The zero-order chi connectivity index (χ0) is 13.2. The maximum atomic E-state index is 6.01. The molecule has 0 spiro atoms. The highest BCUT2D eigenvalue weighted by Crippen LogP contribution is 2.37. The largest absolute Gasteiger partial charge is 0.454 e. The van der Waals surface area contributed by atoms with E-state index in [9.17, 15) is 0 Å². The van der Waals surface area contributed by atoms with Crippen molar-refractivity contribution in [3.63, 3.8) is 0 Å². The van der Waals surface area contributed by atoms with E-state index < -0.39 is 0 Å². The predicted molar refractivity (Wildman–Crippen MR) is 69.1 cm³/mol. The first kappa shape index (κ1) is 12.0. The first-order valence-corrected chi connectivity index (χ1v) is 6.22. The van der Waals surface area contributed by atoms with Crippen molar-refractivity contribution in [3.05, 3.63) is 35.2 Å². The Bertz CT molecular complexity index is 619. The third kappa shape index (κ3) is 2.29. The van der Waals surface area contributed by atoms with Crippen molar-refractivity contribution in [2.24, 2.45) is 0 Å². The monoisotopic (exact) mass is 278 g/mol. The fourth-order valence-electron chi connectivity index (χ4n) is 1.81. The molecule has 0 atom stereocenters. The van der Waals surface area contributed by atoms with E-state index in [4.69, 9.17) is 25.8 Å². The van der Waals surface area contributed by atoms with E-state index in [0.29, 0.717) is 34.7 Å². The van der Waals surface area contributed by atoms with E-state index in [-0.39, 0.29) is 6.79 Å². The van der Waals surface area contributed by atoms with Crippen LogP contribution in [0.2, 0.25) is 5.15 Å². The van der Waals surface area contributed by atoms with Gasteiger partial charge in [-0.3, -0.25) is 0 Å². The van der Waals surface area contributed by atoms with Gasteiger partial charge in [0.05, 0.1) is 5.56 Å². The van der Waals surface area contributed by atoms with Crippen molar-refractivity contribution in [1.82, 2.24) is 9.97 Å². The maximum Gasteiger partial charge on any atom is 0.231 e. The first-order chi connectivity index (χ1) is 9.28. The average Bonchev–Trinajstić information content (AvgIpc) is 2.86. The summed E-state index contributed by atoms with van der Waals surface area (Å²) in [7, 11) is 0. The Hall–Kier alpha value is -2.01. The first-order valence-electron chi connectivity index (χ1n) is 5.85. The third-order valence-electron chi connectivity index (χ3n) is 2.77. The Balaban J connectivity index is 1.91. The molecular weight excluding hydrogens is 268 g/mol. The van der Waals surface area contributed by atoms with Crippen molar-refractivity contribution >= 4 is 11.6 Å². The number of hydrogen-bond donors (Lipinski definition) is 0. The van der Waals surface area contributed by atoms with Gasteiger partial charge in [0.2, 0.25) is 12.7 Å². The minimum Gasteiger partial charge on any atom is -0.454 e. The van der Waals surface area contributed by atoms with Gasteiger partial charge in [-0.2, -0.15) is 0 Å². The molecule has 0 bridgehead atoms. The van der Waals surface area contributed by atoms with Crippen molar-refractivity contribution in [1.29, 1.82) is 0 Å². The van der Waals surface area contributed by atoms with Gasteiger partial charge in [0, 0.05) is 6.07 Å². The minimum absolute atomic E-state index is 0.234. The van der Waals surface area contributed by atoms with Gasteiger partial charge in [-0.1, -0.05) is 18.5 Å². The van der Waals surface area contributed by atoms with Gasteiger partial charge in [-0.15, -0.1) is 0 Å². The van der Waals surface area contributed by atoms with Crippen LogP contribution in [0.3, 0.4) is 0 Å². The van der Waals surface area contributed by atoms with Gasteiger partial charge in [-0.05, 0) is 18.6 Å². The summed E-state index contributed by atoms with van der Waals surface area (Å²) >= 11 is 6.01. The Kier molecular flexibility index (Phi) is 3.13. The summed E-state index contributed by atoms with van der Waals surface area (Å²) in [5.41, 5.74) is 0.779. The van der Waals surface area contributed by atoms with Crippen LogP contribution in [0.25, 0.3) is 0 Å². The lowest BCUT2D eigenvalue weighted by Gasteiger charge is -2.09. The second-order valence-corrected chi connectivity index (χ2v) is 4.28. The highest BCUT2D eigenvalue weighted by molar-refractivity contribution is 6.30. The molecule has 6 heteroatoms. The lowest BCUT2D eigenvalue weighted by Crippen LogP contribution is -1.96. The molecule has 0 amide bonds. The molecule has 3 rings (SSSR count). The molecule has 1 aliphatic rings. The van der Waals surface area contributed by atoms with Gasteiger partial charge >= 0.3 is 0 Å². The number of halogens is 1. The molecule has 0 fully saturated rings. The van der Waals surface area contributed by atoms with Gasteiger partial charge in [0.15, 0.2) is 11.5 Å². The Morgan fingerprint density at radius 3 is 2.95 bits per heavy atom. The lowest BCUT2D eigenvalue weighted by atomic mass is 10.2. The molecule has 19 heavy (non-hydrogen) atoms. The highest BCUT2D eigenvalue weighted by atomic mass is 35.5. The topological polar surface area (TPSA) is 53.5 Å². The van der Waals surface area contributed by atoms with Crippen molar-refractivity contribution in [2.75, 3.05) is 6.79 Å². The molecule has 2 aromatic rings. The number of fused-ring (bicyclic) bond motifs is 1. The molecule has 0 radical (unpaired) electrons. The van der Waals surface area contributed by atoms with E-state index in [1.165, 1.54) is 6.33 Å². The maximum absolute atomic E-state index is 6.01. The van der Waals surface area contributed by atoms with Crippen LogP contribution in [0.15, 0.2) is 24.5 Å². The Labute approximate surface area is 115 Å². The minimum atomic E-state index is 0.234. The second kappa shape index (κ2) is 4.93. The molecule has 0 N–H and O–H groups in total. The summed E-state index contributed by atoms with van der Waals surface area (Å²) in [6.07, 6.45) is 2.07. The van der Waals surface area contributed by atoms with Crippen LogP contribution in [-0.2, 0) is 6.42 Å². The number of nitrogens with zero attached hydrogens (tertiary/aromatic N) is 2. The van der Waals surface area contributed by atoms with Gasteiger partial charge in [0.1, 0.15) is 17.2 Å². The van der Waals surface area contributed by atoms with Crippen LogP contribution in [0.4, 0.5) is 0 Å². The summed E-state index contributed by atoms with van der Waals surface area (Å²) in [6, 6.07) is 5.35. The van der Waals surface area contributed by atoms with E-state index in [0.717, 1.165) is 5.56 Å². The fraction of sp³-hybridized carbons (Fsp3) is 0.231. The van der Waals surface area contributed by atoms with Crippen LogP contribution in [0.1, 0.15) is 12.5 Å². The lowest BCUT2D eigenvalue weighted by molar-refractivity contribution is 0.174. The van der Waals surface area contributed by atoms with Crippen molar-refractivity contribution < 1.29 is 14.2 Å². The molecule has 0 saturated carbocycles.